The van der Waals surface area contributed by atoms with E-state index in [0.717, 1.165) is 5.82 Å². The molecular weight excluding hydrogens is 192 g/mol. The number of nitrogens with two attached hydrogens (primary N) is 1. The molecule has 6 heteroatoms. The van der Waals surface area contributed by atoms with E-state index in [1.165, 1.54) is 0 Å². The van der Waals surface area contributed by atoms with Crippen molar-refractivity contribution < 1.29 is 0 Å². The predicted octanol–water partition coefficient (Wildman–Crippen LogP) is 0.955. The minimum Gasteiger partial charge on any atom is -0.384 e. The quantitative estimate of drug-likeness (QED) is 0.692. The van der Waals surface area contributed by atoms with Crippen molar-refractivity contribution in [1.29, 1.82) is 0 Å². The lowest BCUT2D eigenvalue weighted by Gasteiger charge is -2.10. The standard InChI is InChI=1S/C9H12N6/c1-6(8-11-4-5-12-8)14-9-13-3-2-7(10)15-9/h2-6H,1H3,(H,11,12)(H3,10,13,14,15). The van der Waals surface area contributed by atoms with Gasteiger partial charge in [-0.25, -0.2) is 9.97 Å². The molecule has 0 saturated carbocycles. The van der Waals surface area contributed by atoms with Crippen LogP contribution in [0.4, 0.5) is 11.8 Å². The van der Waals surface area contributed by atoms with E-state index in [9.17, 15) is 0 Å². The van der Waals surface area contributed by atoms with Crippen molar-refractivity contribution in [2.24, 2.45) is 0 Å². The van der Waals surface area contributed by atoms with Gasteiger partial charge in [0.1, 0.15) is 11.6 Å². The summed E-state index contributed by atoms with van der Waals surface area (Å²) in [6, 6.07) is 1.66. The SMILES string of the molecule is CC(Nc1nccc(N)n1)c1ncc[nH]1. The molecule has 2 aromatic rings. The van der Waals surface area contributed by atoms with Gasteiger partial charge in [-0.15, -0.1) is 0 Å². The fraction of sp³-hybridized carbons (Fsp3) is 0.222. The van der Waals surface area contributed by atoms with Crippen molar-refractivity contribution in [2.45, 2.75) is 13.0 Å². The van der Waals surface area contributed by atoms with E-state index in [1.54, 1.807) is 24.7 Å². The monoisotopic (exact) mass is 204 g/mol. The molecule has 0 fully saturated rings. The average molecular weight is 204 g/mol. The molecule has 0 saturated heterocycles. The van der Waals surface area contributed by atoms with Gasteiger partial charge >= 0.3 is 0 Å². The molecule has 0 amide bonds. The Labute approximate surface area is 87.0 Å². The van der Waals surface area contributed by atoms with Gasteiger partial charge in [0.05, 0.1) is 6.04 Å². The summed E-state index contributed by atoms with van der Waals surface area (Å²) in [5.41, 5.74) is 5.54. The maximum absolute atomic E-state index is 5.54. The molecule has 0 radical (unpaired) electrons. The predicted molar refractivity (Wildman–Crippen MR) is 57.1 cm³/mol. The molecule has 4 N–H and O–H groups in total. The first-order chi connectivity index (χ1) is 7.25. The van der Waals surface area contributed by atoms with Crippen LogP contribution in [0.3, 0.4) is 0 Å². The fourth-order valence-electron chi connectivity index (χ4n) is 1.22. The van der Waals surface area contributed by atoms with Crippen molar-refractivity contribution >= 4 is 11.8 Å². The number of anilines is 2. The molecule has 2 heterocycles. The summed E-state index contributed by atoms with van der Waals surface area (Å²) < 4.78 is 0. The summed E-state index contributed by atoms with van der Waals surface area (Å²) in [6.45, 7) is 1.96. The van der Waals surface area contributed by atoms with Crippen LogP contribution in [-0.2, 0) is 0 Å². The van der Waals surface area contributed by atoms with Crippen LogP contribution in [0.15, 0.2) is 24.7 Å². The second-order valence-corrected chi connectivity index (χ2v) is 3.15. The molecule has 6 nitrogen and oxygen atoms in total. The molecule has 0 aliphatic carbocycles. The van der Waals surface area contributed by atoms with Gasteiger partial charge in [0.2, 0.25) is 5.95 Å². The molecule has 0 aromatic carbocycles. The highest BCUT2D eigenvalue weighted by Gasteiger charge is 2.08. The van der Waals surface area contributed by atoms with Crippen LogP contribution in [0.5, 0.6) is 0 Å². The lowest BCUT2D eigenvalue weighted by atomic mass is 10.3. The van der Waals surface area contributed by atoms with Crippen LogP contribution >= 0.6 is 0 Å². The Morgan fingerprint density at radius 1 is 1.40 bits per heavy atom. The minimum atomic E-state index is 0.0156. The molecule has 0 bridgehead atoms. The van der Waals surface area contributed by atoms with Gasteiger partial charge in [-0.2, -0.15) is 4.98 Å². The van der Waals surface area contributed by atoms with Crippen LogP contribution in [0.25, 0.3) is 0 Å². The van der Waals surface area contributed by atoms with Gasteiger partial charge in [0.15, 0.2) is 0 Å². The van der Waals surface area contributed by atoms with E-state index in [1.807, 2.05) is 6.92 Å². The summed E-state index contributed by atoms with van der Waals surface area (Å²) >= 11 is 0. The summed E-state index contributed by atoms with van der Waals surface area (Å²) in [7, 11) is 0. The van der Waals surface area contributed by atoms with Gasteiger partial charge in [-0.05, 0) is 13.0 Å². The second kappa shape index (κ2) is 3.95. The summed E-state index contributed by atoms with van der Waals surface area (Å²) in [6.07, 6.45) is 5.08. The Hall–Kier alpha value is -2.11. The van der Waals surface area contributed by atoms with Gasteiger partial charge in [0, 0.05) is 18.6 Å². The lowest BCUT2D eigenvalue weighted by molar-refractivity contribution is 0.796. The zero-order valence-corrected chi connectivity index (χ0v) is 8.31. The highest BCUT2D eigenvalue weighted by atomic mass is 15.1. The molecule has 2 rings (SSSR count). The van der Waals surface area contributed by atoms with Gasteiger partial charge in [-0.3, -0.25) is 0 Å². The third-order valence-corrected chi connectivity index (χ3v) is 1.95. The molecule has 78 valence electrons. The van der Waals surface area contributed by atoms with Crippen LogP contribution < -0.4 is 11.1 Å². The lowest BCUT2D eigenvalue weighted by Crippen LogP contribution is -2.11. The molecular formula is C9H12N6. The van der Waals surface area contributed by atoms with E-state index < -0.39 is 0 Å². The summed E-state index contributed by atoms with van der Waals surface area (Å²) in [4.78, 5) is 15.2. The van der Waals surface area contributed by atoms with Gasteiger partial charge in [0.25, 0.3) is 0 Å². The van der Waals surface area contributed by atoms with Crippen LogP contribution in [0.1, 0.15) is 18.8 Å². The van der Waals surface area contributed by atoms with Crippen LogP contribution in [-0.4, -0.2) is 19.9 Å². The Morgan fingerprint density at radius 3 is 2.93 bits per heavy atom. The number of hydrogen-bond donors (Lipinski definition) is 3. The molecule has 1 unspecified atom stereocenters. The van der Waals surface area contributed by atoms with E-state index in [0.29, 0.717) is 11.8 Å². The van der Waals surface area contributed by atoms with Crippen molar-refractivity contribution in [3.05, 3.63) is 30.5 Å². The maximum Gasteiger partial charge on any atom is 0.225 e. The number of imidazole rings is 1. The number of H-pyrrole nitrogens is 1. The average Bonchev–Trinajstić information content (AvgIpc) is 2.70. The number of aromatic nitrogens is 4. The number of nitrogens with zero attached hydrogens (tertiary/aromatic N) is 3. The fourth-order valence-corrected chi connectivity index (χ4v) is 1.22. The number of aromatic amines is 1. The number of rotatable bonds is 3. The first-order valence-corrected chi connectivity index (χ1v) is 4.60. The smallest absolute Gasteiger partial charge is 0.225 e. The third kappa shape index (κ3) is 2.22. The van der Waals surface area contributed by atoms with Crippen LogP contribution in [0.2, 0.25) is 0 Å². The normalized spacial score (nSPS) is 12.3. The van der Waals surface area contributed by atoms with Crippen molar-refractivity contribution in [3.63, 3.8) is 0 Å². The Kier molecular flexibility index (Phi) is 2.49. The first-order valence-electron chi connectivity index (χ1n) is 4.60. The maximum atomic E-state index is 5.54. The molecule has 15 heavy (non-hydrogen) atoms. The van der Waals surface area contributed by atoms with Gasteiger partial charge < -0.3 is 16.0 Å². The second-order valence-electron chi connectivity index (χ2n) is 3.15. The number of nitrogen functional groups attached to an aromatic ring is 1. The number of nitrogens with one attached hydrogen (secondary N) is 2. The topological polar surface area (TPSA) is 92.5 Å². The van der Waals surface area contributed by atoms with Crippen molar-refractivity contribution in [2.75, 3.05) is 11.1 Å². The van der Waals surface area contributed by atoms with Crippen LogP contribution in [0, 0.1) is 0 Å². The molecule has 0 aliphatic heterocycles. The summed E-state index contributed by atoms with van der Waals surface area (Å²) in [5, 5.41) is 3.09. The zero-order chi connectivity index (χ0) is 10.7. The van der Waals surface area contributed by atoms with Gasteiger partial charge in [-0.1, -0.05) is 0 Å². The highest BCUT2D eigenvalue weighted by molar-refractivity contribution is 5.36. The first kappa shape index (κ1) is 9.45. The molecule has 0 aliphatic rings. The highest BCUT2D eigenvalue weighted by Crippen LogP contribution is 2.12. The van der Waals surface area contributed by atoms with E-state index in [4.69, 9.17) is 5.73 Å². The Bertz CT molecular complexity index is 424. The minimum absolute atomic E-state index is 0.0156. The summed E-state index contributed by atoms with van der Waals surface area (Å²) in [5.74, 6) is 1.78. The zero-order valence-electron chi connectivity index (χ0n) is 8.31. The Morgan fingerprint density at radius 2 is 2.27 bits per heavy atom. The van der Waals surface area contributed by atoms with Crippen molar-refractivity contribution in [1.82, 2.24) is 19.9 Å². The molecule has 0 spiro atoms. The largest absolute Gasteiger partial charge is 0.384 e. The third-order valence-electron chi connectivity index (χ3n) is 1.95. The number of hydrogen-bond acceptors (Lipinski definition) is 5. The van der Waals surface area contributed by atoms with Crippen molar-refractivity contribution in [3.8, 4) is 0 Å². The van der Waals surface area contributed by atoms with E-state index >= 15 is 0 Å². The Balaban J connectivity index is 2.09. The van der Waals surface area contributed by atoms with E-state index in [-0.39, 0.29) is 6.04 Å². The van der Waals surface area contributed by atoms with E-state index in [2.05, 4.69) is 25.3 Å². The molecule has 2 aromatic heterocycles. The molecule has 1 atom stereocenters.